The van der Waals surface area contributed by atoms with Crippen LogP contribution in [0.2, 0.25) is 0 Å². The Bertz CT molecular complexity index is 129. The number of aliphatic hydroxyl groups is 2. The molecule has 2 unspecified atom stereocenters. The van der Waals surface area contributed by atoms with E-state index in [1.165, 1.54) is 0 Å². The Labute approximate surface area is 60.0 Å². The van der Waals surface area contributed by atoms with Gasteiger partial charge in [0.1, 0.15) is 6.10 Å². The summed E-state index contributed by atoms with van der Waals surface area (Å²) in [4.78, 5) is 10.5. The van der Waals surface area contributed by atoms with E-state index in [-0.39, 0.29) is 6.42 Å². The summed E-state index contributed by atoms with van der Waals surface area (Å²) in [5, 5.41) is 17.5. The van der Waals surface area contributed by atoms with Crippen molar-refractivity contribution in [1.29, 1.82) is 0 Å². The fourth-order valence-corrected chi connectivity index (χ4v) is 0.510. The van der Waals surface area contributed by atoms with Gasteiger partial charge in [-0.2, -0.15) is 0 Å². The summed E-state index contributed by atoms with van der Waals surface area (Å²) in [5.74, 6) is -0.484. The zero-order valence-corrected chi connectivity index (χ0v) is 5.66. The van der Waals surface area contributed by atoms with Gasteiger partial charge in [0.15, 0.2) is 5.78 Å². The fraction of sp³-hybridized carbons (Fsp3) is 0.429. The lowest BCUT2D eigenvalue weighted by molar-refractivity contribution is -0.123. The Kier molecular flexibility index (Phi) is 3.91. The van der Waals surface area contributed by atoms with Crippen molar-refractivity contribution in [3.05, 3.63) is 19.6 Å². The molecular weight excluding hydrogens is 132 g/mol. The summed E-state index contributed by atoms with van der Waals surface area (Å²) in [5.41, 5.74) is 0. The van der Waals surface area contributed by atoms with E-state index in [1.54, 1.807) is 0 Å². The highest BCUT2D eigenvalue weighted by atomic mass is 16.3. The molecule has 10 heavy (non-hydrogen) atoms. The summed E-state index contributed by atoms with van der Waals surface area (Å²) < 4.78 is 0. The first-order chi connectivity index (χ1) is 4.57. The molecule has 0 rings (SSSR count). The normalized spacial score (nSPS) is 15.9. The minimum Gasteiger partial charge on any atom is -0.393 e. The molecule has 0 saturated heterocycles. The van der Waals surface area contributed by atoms with Crippen LogP contribution in [0.3, 0.4) is 0 Å². The number of carbonyl (C=O) groups is 1. The molecule has 0 bridgehead atoms. The minimum atomic E-state index is -1.16. The summed E-state index contributed by atoms with van der Waals surface area (Å²) in [7, 11) is 0. The lowest BCUT2D eigenvalue weighted by atomic mass is 10.1. The molecule has 0 aromatic heterocycles. The van der Waals surface area contributed by atoms with E-state index in [2.05, 4.69) is 13.5 Å². The van der Waals surface area contributed by atoms with Crippen LogP contribution in [0, 0.1) is 6.92 Å². The van der Waals surface area contributed by atoms with Crippen molar-refractivity contribution in [2.75, 3.05) is 0 Å². The van der Waals surface area contributed by atoms with E-state index in [0.29, 0.717) is 0 Å². The van der Waals surface area contributed by atoms with Gasteiger partial charge in [-0.15, -0.1) is 0 Å². The molecular formula is C7H11O3. The van der Waals surface area contributed by atoms with E-state index in [0.717, 1.165) is 6.08 Å². The Morgan fingerprint density at radius 1 is 1.60 bits per heavy atom. The van der Waals surface area contributed by atoms with E-state index in [9.17, 15) is 4.79 Å². The van der Waals surface area contributed by atoms with Gasteiger partial charge in [0.05, 0.1) is 6.10 Å². The molecule has 0 aliphatic carbocycles. The summed E-state index contributed by atoms with van der Waals surface area (Å²) >= 11 is 0. The van der Waals surface area contributed by atoms with Crippen molar-refractivity contribution in [1.82, 2.24) is 0 Å². The molecule has 0 aliphatic rings. The van der Waals surface area contributed by atoms with Crippen LogP contribution in [0.5, 0.6) is 0 Å². The Balaban J connectivity index is 3.72. The molecule has 0 spiro atoms. The van der Waals surface area contributed by atoms with Crippen molar-refractivity contribution in [2.45, 2.75) is 18.6 Å². The summed E-state index contributed by atoms with van der Waals surface area (Å²) in [6.07, 6.45) is -1.08. The Morgan fingerprint density at radius 2 is 2.10 bits per heavy atom. The van der Waals surface area contributed by atoms with Gasteiger partial charge in [-0.05, 0) is 13.0 Å². The van der Waals surface area contributed by atoms with Crippen molar-refractivity contribution in [3.63, 3.8) is 0 Å². The second-order valence-corrected chi connectivity index (χ2v) is 2.01. The molecule has 1 radical (unpaired) electrons. The first-order valence-corrected chi connectivity index (χ1v) is 2.93. The van der Waals surface area contributed by atoms with Gasteiger partial charge in [-0.3, -0.25) is 4.79 Å². The number of hydrogen-bond acceptors (Lipinski definition) is 3. The maximum atomic E-state index is 10.5. The zero-order chi connectivity index (χ0) is 8.15. The highest BCUT2D eigenvalue weighted by molar-refractivity contribution is 5.92. The van der Waals surface area contributed by atoms with Crippen molar-refractivity contribution >= 4 is 5.78 Å². The third kappa shape index (κ3) is 3.37. The number of rotatable bonds is 4. The standard InChI is InChI=1S/C7H11O3/c1-3-6(9)7(10)4-5(2)8/h3,5,7-8,10H,1-2,4H2. The average molecular weight is 143 g/mol. The van der Waals surface area contributed by atoms with Crippen molar-refractivity contribution in [3.8, 4) is 0 Å². The highest BCUT2D eigenvalue weighted by Gasteiger charge is 2.13. The van der Waals surface area contributed by atoms with Gasteiger partial charge in [0.2, 0.25) is 0 Å². The summed E-state index contributed by atoms with van der Waals surface area (Å²) in [6.45, 7) is 6.38. The lowest BCUT2D eigenvalue weighted by Gasteiger charge is -2.07. The maximum Gasteiger partial charge on any atom is 0.183 e. The maximum absolute atomic E-state index is 10.5. The third-order valence-corrected chi connectivity index (χ3v) is 1.02. The molecule has 3 nitrogen and oxygen atoms in total. The number of hydrogen-bond donors (Lipinski definition) is 2. The number of aliphatic hydroxyl groups excluding tert-OH is 2. The first-order valence-electron chi connectivity index (χ1n) is 2.93. The van der Waals surface area contributed by atoms with Crippen LogP contribution in [-0.2, 0) is 4.79 Å². The van der Waals surface area contributed by atoms with Crippen LogP contribution in [0.1, 0.15) is 6.42 Å². The SMILES string of the molecule is [CH2]C(O)CC(O)C(=O)C=C. The van der Waals surface area contributed by atoms with Gasteiger partial charge in [0, 0.05) is 6.42 Å². The summed E-state index contributed by atoms with van der Waals surface area (Å²) in [6, 6.07) is 0. The molecule has 0 aliphatic heterocycles. The predicted molar refractivity (Wildman–Crippen MR) is 37.2 cm³/mol. The molecule has 2 N–H and O–H groups in total. The van der Waals surface area contributed by atoms with Crippen LogP contribution in [0.25, 0.3) is 0 Å². The number of ketones is 1. The highest BCUT2D eigenvalue weighted by Crippen LogP contribution is 1.98. The van der Waals surface area contributed by atoms with Crippen LogP contribution >= 0.6 is 0 Å². The molecule has 0 heterocycles. The molecule has 0 aromatic carbocycles. The van der Waals surface area contributed by atoms with Gasteiger partial charge in [0.25, 0.3) is 0 Å². The van der Waals surface area contributed by atoms with E-state index < -0.39 is 18.0 Å². The Hall–Kier alpha value is -0.670. The van der Waals surface area contributed by atoms with E-state index in [1.807, 2.05) is 0 Å². The van der Waals surface area contributed by atoms with Crippen LogP contribution < -0.4 is 0 Å². The van der Waals surface area contributed by atoms with Crippen LogP contribution in [0.15, 0.2) is 12.7 Å². The molecule has 0 aromatic rings. The predicted octanol–water partition coefficient (Wildman–Crippen LogP) is -0.313. The lowest BCUT2D eigenvalue weighted by Crippen LogP contribution is -2.22. The van der Waals surface area contributed by atoms with Gasteiger partial charge in [-0.1, -0.05) is 6.58 Å². The second kappa shape index (κ2) is 4.19. The van der Waals surface area contributed by atoms with Crippen molar-refractivity contribution < 1.29 is 15.0 Å². The monoisotopic (exact) mass is 143 g/mol. The molecule has 0 amide bonds. The third-order valence-electron chi connectivity index (χ3n) is 1.02. The molecule has 0 saturated carbocycles. The van der Waals surface area contributed by atoms with Gasteiger partial charge in [-0.25, -0.2) is 0 Å². The second-order valence-electron chi connectivity index (χ2n) is 2.01. The van der Waals surface area contributed by atoms with Crippen LogP contribution in [-0.4, -0.2) is 28.2 Å². The minimum absolute atomic E-state index is 0.0369. The smallest absolute Gasteiger partial charge is 0.183 e. The zero-order valence-electron chi connectivity index (χ0n) is 5.66. The fourth-order valence-electron chi connectivity index (χ4n) is 0.510. The Morgan fingerprint density at radius 3 is 2.40 bits per heavy atom. The van der Waals surface area contributed by atoms with Crippen molar-refractivity contribution in [2.24, 2.45) is 0 Å². The average Bonchev–Trinajstić information content (AvgIpc) is 1.85. The first kappa shape index (κ1) is 9.33. The number of carbonyl (C=O) groups excluding carboxylic acids is 1. The molecule has 57 valence electrons. The largest absolute Gasteiger partial charge is 0.393 e. The topological polar surface area (TPSA) is 57.5 Å². The van der Waals surface area contributed by atoms with Crippen LogP contribution in [0.4, 0.5) is 0 Å². The quantitative estimate of drug-likeness (QED) is 0.530. The molecule has 3 heteroatoms. The van der Waals surface area contributed by atoms with Gasteiger partial charge >= 0.3 is 0 Å². The van der Waals surface area contributed by atoms with Gasteiger partial charge < -0.3 is 10.2 Å². The molecule has 0 fully saturated rings. The molecule has 2 atom stereocenters. The van der Waals surface area contributed by atoms with E-state index >= 15 is 0 Å². The van der Waals surface area contributed by atoms with E-state index in [4.69, 9.17) is 10.2 Å².